The standard InChI is InChI=1S/C32H48N2.Ni/c1-3-5-7-9-10-11-12-13-14-22-28-32(34-30-25-19-16-20-26-30)31(27-21-8-6-4-2)33-29-23-17-15-18-24-29;/h15-20,23-26H,3-14,21-22,27-28H2,1-2H3;/b33-31+,34-32+;. The van der Waals surface area contributed by atoms with Gasteiger partial charge in [0.25, 0.3) is 0 Å². The van der Waals surface area contributed by atoms with Crippen molar-refractivity contribution < 1.29 is 16.5 Å². The van der Waals surface area contributed by atoms with Gasteiger partial charge in [-0.05, 0) is 49.9 Å². The summed E-state index contributed by atoms with van der Waals surface area (Å²) >= 11 is 0. The summed E-state index contributed by atoms with van der Waals surface area (Å²) < 4.78 is 0. The number of hydrogen-bond donors (Lipinski definition) is 0. The van der Waals surface area contributed by atoms with Crippen LogP contribution in [0.3, 0.4) is 0 Å². The van der Waals surface area contributed by atoms with Gasteiger partial charge in [0.2, 0.25) is 0 Å². The summed E-state index contributed by atoms with van der Waals surface area (Å²) in [7, 11) is 0. The van der Waals surface area contributed by atoms with Gasteiger partial charge >= 0.3 is 0 Å². The zero-order chi connectivity index (χ0) is 24.1. The Kier molecular flexibility index (Phi) is 19.3. The minimum absolute atomic E-state index is 0. The van der Waals surface area contributed by atoms with E-state index in [-0.39, 0.29) is 16.5 Å². The molecule has 0 spiro atoms. The molecule has 0 atom stereocenters. The zero-order valence-electron chi connectivity index (χ0n) is 22.3. The van der Waals surface area contributed by atoms with Crippen LogP contribution in [0.5, 0.6) is 0 Å². The van der Waals surface area contributed by atoms with Crippen LogP contribution in [0.4, 0.5) is 11.4 Å². The first-order valence-electron chi connectivity index (χ1n) is 14.1. The number of nitrogens with zero attached hydrogens (tertiary/aromatic N) is 2. The van der Waals surface area contributed by atoms with Crippen LogP contribution in [0.2, 0.25) is 0 Å². The Labute approximate surface area is 226 Å². The molecule has 0 bridgehead atoms. The second-order valence-corrected chi connectivity index (χ2v) is 9.53. The molecule has 2 rings (SSSR count). The predicted octanol–water partition coefficient (Wildman–Crippen LogP) is 10.8. The molecule has 0 heterocycles. The Morgan fingerprint density at radius 1 is 0.457 bits per heavy atom. The first-order chi connectivity index (χ1) is 16.8. The maximum absolute atomic E-state index is 5.12. The minimum Gasteiger partial charge on any atom is -0.252 e. The molecular weight excluding hydrogens is 471 g/mol. The van der Waals surface area contributed by atoms with Gasteiger partial charge in [0, 0.05) is 16.5 Å². The molecule has 0 radical (unpaired) electrons. The first-order valence-corrected chi connectivity index (χ1v) is 14.1. The number of hydrogen-bond acceptors (Lipinski definition) is 2. The average molecular weight is 519 g/mol. The third-order valence-electron chi connectivity index (χ3n) is 6.41. The minimum atomic E-state index is 0. The molecule has 0 aliphatic carbocycles. The third-order valence-corrected chi connectivity index (χ3v) is 6.41. The van der Waals surface area contributed by atoms with Crippen molar-refractivity contribution in [1.82, 2.24) is 0 Å². The van der Waals surface area contributed by atoms with Crippen LogP contribution in [-0.2, 0) is 16.5 Å². The van der Waals surface area contributed by atoms with E-state index in [1.807, 2.05) is 0 Å². The van der Waals surface area contributed by atoms with Crippen molar-refractivity contribution in [2.75, 3.05) is 0 Å². The molecule has 0 N–H and O–H groups in total. The summed E-state index contributed by atoms with van der Waals surface area (Å²) in [6.45, 7) is 4.56. The molecule has 0 saturated carbocycles. The average Bonchev–Trinajstić information content (AvgIpc) is 2.87. The van der Waals surface area contributed by atoms with Crippen LogP contribution >= 0.6 is 0 Å². The number of rotatable bonds is 19. The summed E-state index contributed by atoms with van der Waals surface area (Å²) in [5.41, 5.74) is 4.45. The Bertz CT molecular complexity index is 799. The van der Waals surface area contributed by atoms with Gasteiger partial charge in [0.15, 0.2) is 0 Å². The third kappa shape index (κ3) is 15.1. The molecule has 0 unspecified atom stereocenters. The summed E-state index contributed by atoms with van der Waals surface area (Å²) in [6, 6.07) is 20.8. The van der Waals surface area contributed by atoms with Crippen LogP contribution in [0.15, 0.2) is 70.6 Å². The smallest absolute Gasteiger partial charge is 0.0633 e. The number of benzene rings is 2. The summed E-state index contributed by atoms with van der Waals surface area (Å²) in [6.07, 6.45) is 20.6. The molecule has 3 heteroatoms. The molecule has 0 aromatic heterocycles. The summed E-state index contributed by atoms with van der Waals surface area (Å²) in [5, 5.41) is 0. The number of unbranched alkanes of at least 4 members (excludes halogenated alkanes) is 12. The van der Waals surface area contributed by atoms with Gasteiger partial charge in [0.1, 0.15) is 0 Å². The molecule has 0 aliphatic rings. The van der Waals surface area contributed by atoms with E-state index in [0.29, 0.717) is 0 Å². The van der Waals surface area contributed by atoms with Gasteiger partial charge < -0.3 is 0 Å². The molecule has 0 aliphatic heterocycles. The molecule has 196 valence electrons. The second kappa shape index (κ2) is 21.5. The Balaban J connectivity index is 0.00000612. The second-order valence-electron chi connectivity index (χ2n) is 9.53. The fourth-order valence-corrected chi connectivity index (χ4v) is 4.35. The molecule has 0 amide bonds. The molecular formula is C32H48N2Ni. The van der Waals surface area contributed by atoms with E-state index >= 15 is 0 Å². The Morgan fingerprint density at radius 3 is 1.14 bits per heavy atom. The molecule has 2 nitrogen and oxygen atoms in total. The molecule has 35 heavy (non-hydrogen) atoms. The van der Waals surface area contributed by atoms with E-state index in [2.05, 4.69) is 74.5 Å². The topological polar surface area (TPSA) is 24.7 Å². The van der Waals surface area contributed by atoms with E-state index in [1.165, 1.54) is 101 Å². The SMILES string of the molecule is CCCCCCCCCCCCC(=N\c1ccccc1)/C(CCCCCC)=N/c1ccccc1.[Ni]. The Morgan fingerprint density at radius 2 is 0.771 bits per heavy atom. The van der Waals surface area contributed by atoms with Crippen molar-refractivity contribution in [3.8, 4) is 0 Å². The number of para-hydroxylation sites is 2. The van der Waals surface area contributed by atoms with Crippen LogP contribution in [0.25, 0.3) is 0 Å². The van der Waals surface area contributed by atoms with Gasteiger partial charge in [0.05, 0.1) is 22.8 Å². The van der Waals surface area contributed by atoms with Crippen LogP contribution in [0, 0.1) is 0 Å². The van der Waals surface area contributed by atoms with E-state index in [0.717, 1.165) is 24.2 Å². The number of aliphatic imine (C=N–C) groups is 2. The fourth-order valence-electron chi connectivity index (χ4n) is 4.35. The van der Waals surface area contributed by atoms with Crippen molar-refractivity contribution in [1.29, 1.82) is 0 Å². The van der Waals surface area contributed by atoms with E-state index < -0.39 is 0 Å². The van der Waals surface area contributed by atoms with E-state index in [1.54, 1.807) is 0 Å². The fraction of sp³-hybridized carbons (Fsp3) is 0.562. The normalized spacial score (nSPS) is 11.9. The predicted molar refractivity (Wildman–Crippen MR) is 152 cm³/mol. The maximum atomic E-state index is 5.12. The van der Waals surface area contributed by atoms with Crippen molar-refractivity contribution in [2.45, 2.75) is 117 Å². The maximum Gasteiger partial charge on any atom is 0.0633 e. The molecule has 0 saturated heterocycles. The van der Waals surface area contributed by atoms with Crippen LogP contribution < -0.4 is 0 Å². The Hall–Kier alpha value is -1.73. The van der Waals surface area contributed by atoms with Crippen molar-refractivity contribution in [3.63, 3.8) is 0 Å². The van der Waals surface area contributed by atoms with Crippen molar-refractivity contribution >= 4 is 22.8 Å². The van der Waals surface area contributed by atoms with Gasteiger partial charge in [-0.3, -0.25) is 9.98 Å². The van der Waals surface area contributed by atoms with Crippen molar-refractivity contribution in [2.24, 2.45) is 9.98 Å². The van der Waals surface area contributed by atoms with Gasteiger partial charge in [-0.1, -0.05) is 127 Å². The van der Waals surface area contributed by atoms with Gasteiger partial charge in [-0.2, -0.15) is 0 Å². The molecule has 2 aromatic rings. The first kappa shape index (κ1) is 31.3. The van der Waals surface area contributed by atoms with E-state index in [4.69, 9.17) is 9.98 Å². The largest absolute Gasteiger partial charge is 0.252 e. The van der Waals surface area contributed by atoms with Crippen LogP contribution in [0.1, 0.15) is 117 Å². The summed E-state index contributed by atoms with van der Waals surface area (Å²) in [4.78, 5) is 10.2. The quantitative estimate of drug-likeness (QED) is 0.100. The van der Waals surface area contributed by atoms with E-state index in [9.17, 15) is 0 Å². The molecule has 2 aromatic carbocycles. The molecule has 0 fully saturated rings. The van der Waals surface area contributed by atoms with Crippen molar-refractivity contribution in [3.05, 3.63) is 60.7 Å². The monoisotopic (exact) mass is 518 g/mol. The van der Waals surface area contributed by atoms with Crippen LogP contribution in [-0.4, -0.2) is 11.4 Å². The summed E-state index contributed by atoms with van der Waals surface area (Å²) in [5.74, 6) is 0. The zero-order valence-corrected chi connectivity index (χ0v) is 23.3. The van der Waals surface area contributed by atoms with Gasteiger partial charge in [-0.15, -0.1) is 0 Å². The van der Waals surface area contributed by atoms with Gasteiger partial charge in [-0.25, -0.2) is 0 Å².